The molecule has 6 atom stereocenters. The molecular formula is C27H24Cl2F2N6O4. The number of ether oxygens (including phenoxy) is 2. The van der Waals surface area contributed by atoms with Crippen molar-refractivity contribution in [1.82, 2.24) is 29.5 Å². The van der Waals surface area contributed by atoms with Gasteiger partial charge >= 0.3 is 0 Å². The quantitative estimate of drug-likeness (QED) is 0.327. The molecule has 7 rings (SSSR count). The topological polar surface area (TPSA) is 120 Å². The highest BCUT2D eigenvalue weighted by atomic mass is 35.5. The molecule has 3 aliphatic rings. The predicted octanol–water partition coefficient (Wildman–Crippen LogP) is 4.10. The molecule has 3 fully saturated rings. The zero-order valence-electron chi connectivity index (χ0n) is 21.5. The Morgan fingerprint density at radius 1 is 1.07 bits per heavy atom. The van der Waals surface area contributed by atoms with Gasteiger partial charge in [0.2, 0.25) is 0 Å². The van der Waals surface area contributed by atoms with Crippen molar-refractivity contribution in [2.45, 2.75) is 62.2 Å². The fraction of sp³-hybridized carbons (Fsp3) is 0.407. The monoisotopic (exact) mass is 604 g/mol. The number of hydrogen-bond donors (Lipinski definition) is 2. The minimum atomic E-state index is -1.29. The molecule has 0 spiro atoms. The zero-order valence-corrected chi connectivity index (χ0v) is 23.0. The van der Waals surface area contributed by atoms with Gasteiger partial charge in [-0.25, -0.2) is 18.4 Å². The summed E-state index contributed by atoms with van der Waals surface area (Å²) in [5.74, 6) is -1.29. The lowest BCUT2D eigenvalue weighted by Gasteiger charge is -2.41. The number of rotatable bonds is 5. The van der Waals surface area contributed by atoms with E-state index in [1.807, 2.05) is 0 Å². The molecule has 2 N–H and O–H groups in total. The van der Waals surface area contributed by atoms with Gasteiger partial charge in [0.15, 0.2) is 17.5 Å². The first kappa shape index (κ1) is 26.9. The van der Waals surface area contributed by atoms with Crippen molar-refractivity contribution >= 4 is 23.2 Å². The number of pyridine rings is 1. The minimum Gasteiger partial charge on any atom is -0.388 e. The van der Waals surface area contributed by atoms with Gasteiger partial charge in [-0.1, -0.05) is 23.2 Å². The molecule has 3 aromatic heterocycles. The van der Waals surface area contributed by atoms with Crippen LogP contribution in [0.3, 0.4) is 0 Å². The van der Waals surface area contributed by atoms with Crippen molar-refractivity contribution in [1.29, 1.82) is 0 Å². The molecule has 1 aromatic carbocycles. The van der Waals surface area contributed by atoms with E-state index < -0.39 is 48.2 Å². The van der Waals surface area contributed by atoms with Crippen molar-refractivity contribution < 1.29 is 28.5 Å². The van der Waals surface area contributed by atoms with Crippen LogP contribution in [0.5, 0.6) is 0 Å². The normalized spacial score (nSPS) is 27.8. The molecule has 0 radical (unpaired) electrons. The largest absolute Gasteiger partial charge is 0.388 e. The van der Waals surface area contributed by atoms with Gasteiger partial charge in [0, 0.05) is 29.4 Å². The Morgan fingerprint density at radius 3 is 2.66 bits per heavy atom. The maximum absolute atomic E-state index is 14.7. The number of hydrogen-bond acceptors (Lipinski definition) is 8. The summed E-state index contributed by atoms with van der Waals surface area (Å²) in [5, 5.41) is 31.6. The lowest BCUT2D eigenvalue weighted by atomic mass is 9.91. The minimum absolute atomic E-state index is 0.0216. The van der Waals surface area contributed by atoms with Gasteiger partial charge in [0.05, 0.1) is 34.2 Å². The summed E-state index contributed by atoms with van der Waals surface area (Å²) < 4.78 is 44.0. The van der Waals surface area contributed by atoms with Gasteiger partial charge < -0.3 is 19.7 Å². The number of benzene rings is 1. The highest BCUT2D eigenvalue weighted by molar-refractivity contribution is 6.31. The number of aliphatic hydroxyl groups excluding tert-OH is 2. The molecule has 4 unspecified atom stereocenters. The van der Waals surface area contributed by atoms with Crippen LogP contribution < -0.4 is 0 Å². The molecule has 4 aromatic rings. The van der Waals surface area contributed by atoms with Crippen LogP contribution in [0.4, 0.5) is 8.78 Å². The number of aliphatic hydroxyl groups is 2. The van der Waals surface area contributed by atoms with Crippen LogP contribution in [0.15, 0.2) is 36.8 Å². The SMILES string of the molecule is Cc1nc([C@@H]2OC3C(O)CO[C@@H]3C(n3cc(-c4ccc(Cl)c(F)c4F)cn3)C2O)n(-c2cc(Cl)cnc2C2CC2)n1. The smallest absolute Gasteiger partial charge is 0.178 e. The Kier molecular flexibility index (Phi) is 6.60. The third kappa shape index (κ3) is 4.53. The second-order valence-electron chi connectivity index (χ2n) is 10.6. The standard InChI is InChI=1S/C27H24Cl2F2N6O4/c1-11-34-27(37(35-11)17-6-14(28)8-32-21(17)12-2-3-12)26-23(39)22(25-24(41-26)18(38)10-40-25)36-9-13(7-33-36)15-4-5-16(29)20(31)19(15)30/h4-9,12,18,22-26,38-39H,2-3,10H2,1H3/t18?,22?,23?,24?,25-,26-/m1/s1. The van der Waals surface area contributed by atoms with Crippen LogP contribution in [0.1, 0.15) is 48.2 Å². The summed E-state index contributed by atoms with van der Waals surface area (Å²) in [6, 6.07) is 3.48. The first-order chi connectivity index (χ1) is 19.7. The second kappa shape index (κ2) is 10.1. The van der Waals surface area contributed by atoms with E-state index in [2.05, 4.69) is 20.2 Å². The second-order valence-corrected chi connectivity index (χ2v) is 11.4. The van der Waals surface area contributed by atoms with Crippen LogP contribution in [0, 0.1) is 18.6 Å². The first-order valence-electron chi connectivity index (χ1n) is 13.1. The Labute approximate surface area is 242 Å². The summed E-state index contributed by atoms with van der Waals surface area (Å²) in [4.78, 5) is 9.15. The van der Waals surface area contributed by atoms with Crippen LogP contribution in [-0.2, 0) is 9.47 Å². The molecule has 14 heteroatoms. The lowest BCUT2D eigenvalue weighted by Crippen LogP contribution is -2.52. The maximum atomic E-state index is 14.7. The first-order valence-corrected chi connectivity index (χ1v) is 13.9. The van der Waals surface area contributed by atoms with E-state index in [4.69, 9.17) is 32.7 Å². The van der Waals surface area contributed by atoms with Crippen LogP contribution >= 0.6 is 23.2 Å². The van der Waals surface area contributed by atoms with Gasteiger partial charge in [-0.3, -0.25) is 9.67 Å². The number of aromatic nitrogens is 6. The highest BCUT2D eigenvalue weighted by Gasteiger charge is 2.54. The Balaban J connectivity index is 1.30. The molecule has 1 aliphatic carbocycles. The van der Waals surface area contributed by atoms with Gasteiger partial charge in [-0.05, 0) is 38.0 Å². The summed E-state index contributed by atoms with van der Waals surface area (Å²) in [6.45, 7) is 1.70. The third-order valence-corrected chi connectivity index (χ3v) is 8.26. The highest BCUT2D eigenvalue weighted by Crippen LogP contribution is 2.45. The van der Waals surface area contributed by atoms with E-state index in [1.54, 1.807) is 23.9 Å². The Bertz CT molecular complexity index is 1650. The molecule has 0 bridgehead atoms. The Hall–Kier alpha value is -3.00. The fourth-order valence-electron chi connectivity index (χ4n) is 5.69. The molecule has 214 valence electrons. The Morgan fingerprint density at radius 2 is 1.88 bits per heavy atom. The van der Waals surface area contributed by atoms with Crippen LogP contribution in [-0.4, -0.2) is 70.8 Å². The van der Waals surface area contributed by atoms with Gasteiger partial charge in [-0.15, -0.1) is 0 Å². The van der Waals surface area contributed by atoms with E-state index in [0.29, 0.717) is 22.4 Å². The molecule has 41 heavy (non-hydrogen) atoms. The zero-order chi connectivity index (χ0) is 28.6. The lowest BCUT2D eigenvalue weighted by molar-refractivity contribution is -0.196. The van der Waals surface area contributed by atoms with Crippen molar-refractivity contribution in [3.63, 3.8) is 0 Å². The molecule has 0 amide bonds. The number of halogens is 4. The van der Waals surface area contributed by atoms with E-state index in [1.165, 1.54) is 29.2 Å². The molecule has 5 heterocycles. The maximum Gasteiger partial charge on any atom is 0.178 e. The molecule has 2 aliphatic heterocycles. The van der Waals surface area contributed by atoms with Crippen LogP contribution in [0.2, 0.25) is 10.0 Å². The van der Waals surface area contributed by atoms with E-state index in [-0.39, 0.29) is 28.7 Å². The summed E-state index contributed by atoms with van der Waals surface area (Å²) in [7, 11) is 0. The van der Waals surface area contributed by atoms with E-state index in [0.717, 1.165) is 18.5 Å². The number of nitrogens with zero attached hydrogens (tertiary/aromatic N) is 6. The fourth-order valence-corrected chi connectivity index (χ4v) is 5.98. The molecule has 10 nitrogen and oxygen atoms in total. The summed E-state index contributed by atoms with van der Waals surface area (Å²) in [6.07, 6.45) is 1.44. The third-order valence-electron chi connectivity index (χ3n) is 7.76. The average Bonchev–Trinajstić information content (AvgIpc) is 3.37. The summed E-state index contributed by atoms with van der Waals surface area (Å²) in [5.41, 5.74) is 1.67. The predicted molar refractivity (Wildman–Crippen MR) is 142 cm³/mol. The van der Waals surface area contributed by atoms with Crippen molar-refractivity contribution in [2.24, 2.45) is 0 Å². The van der Waals surface area contributed by atoms with Crippen molar-refractivity contribution in [3.05, 3.63) is 75.8 Å². The molecule has 1 saturated carbocycles. The number of fused-ring (bicyclic) bond motifs is 1. The summed E-state index contributed by atoms with van der Waals surface area (Å²) >= 11 is 12.0. The van der Waals surface area contributed by atoms with Gasteiger partial charge in [0.1, 0.15) is 42.4 Å². The van der Waals surface area contributed by atoms with Crippen LogP contribution in [0.25, 0.3) is 16.8 Å². The molecular weight excluding hydrogens is 581 g/mol. The number of aryl methyl sites for hydroxylation is 1. The average molecular weight is 605 g/mol. The molecule has 2 saturated heterocycles. The van der Waals surface area contributed by atoms with E-state index >= 15 is 0 Å². The van der Waals surface area contributed by atoms with Gasteiger partial charge in [0.25, 0.3) is 0 Å². The van der Waals surface area contributed by atoms with Crippen molar-refractivity contribution in [2.75, 3.05) is 6.61 Å². The van der Waals surface area contributed by atoms with Gasteiger partial charge in [-0.2, -0.15) is 10.2 Å². The van der Waals surface area contributed by atoms with Crippen molar-refractivity contribution in [3.8, 4) is 16.8 Å². The van der Waals surface area contributed by atoms with E-state index in [9.17, 15) is 19.0 Å².